The molecule has 1 rings (SSSR count). The first kappa shape index (κ1) is 15.2. The molecule has 6 heteroatoms. The smallest absolute Gasteiger partial charge is 0.143 e. The summed E-state index contributed by atoms with van der Waals surface area (Å²) in [5, 5.41) is 17.6. The molecule has 6 N–H and O–H groups in total. The van der Waals surface area contributed by atoms with Crippen LogP contribution in [0.2, 0.25) is 0 Å². The molecule has 0 heterocycles. The molecule has 0 saturated heterocycles. The summed E-state index contributed by atoms with van der Waals surface area (Å²) < 4.78 is 0. The molecular weight excluding hydrogens is 206 g/mol. The van der Waals surface area contributed by atoms with Crippen molar-refractivity contribution in [3.8, 4) is 0 Å². The third-order valence-corrected chi connectivity index (χ3v) is 1.36. The zero-order valence-corrected chi connectivity index (χ0v) is 8.31. The summed E-state index contributed by atoms with van der Waals surface area (Å²) in [5.41, 5.74) is 6.35. The lowest BCUT2D eigenvalue weighted by Crippen LogP contribution is -2.14. The third-order valence-electron chi connectivity index (χ3n) is 1.36. The van der Waals surface area contributed by atoms with E-state index in [1.807, 2.05) is 30.3 Å². The Morgan fingerprint density at radius 2 is 1.71 bits per heavy atom. The zero-order valence-electron chi connectivity index (χ0n) is 7.50. The maximum absolute atomic E-state index is 8.26. The zero-order chi connectivity index (χ0) is 10.1. The molecule has 5 nitrogen and oxygen atoms in total. The van der Waals surface area contributed by atoms with Crippen LogP contribution in [-0.4, -0.2) is 16.3 Å². The lowest BCUT2D eigenvalue weighted by molar-refractivity contribution is 0.311. The normalized spacial score (nSPS) is 9.43. The number of halogens is 1. The van der Waals surface area contributed by atoms with Gasteiger partial charge in [-0.3, -0.25) is 0 Å². The Bertz CT molecular complexity index is 254. The van der Waals surface area contributed by atoms with Crippen molar-refractivity contribution in [2.45, 2.75) is 6.42 Å². The first-order valence-electron chi connectivity index (χ1n) is 3.59. The number of benzene rings is 1. The van der Waals surface area contributed by atoms with Crippen molar-refractivity contribution in [1.82, 2.24) is 0 Å². The fraction of sp³-hybridized carbons (Fsp3) is 0.125. The van der Waals surface area contributed by atoms with E-state index in [1.54, 1.807) is 0 Å². The molecule has 0 amide bonds. The fourth-order valence-electron chi connectivity index (χ4n) is 0.840. The summed E-state index contributed by atoms with van der Waals surface area (Å²) in [6, 6.07) is 9.62. The first-order valence-corrected chi connectivity index (χ1v) is 3.59. The van der Waals surface area contributed by atoms with E-state index in [9.17, 15) is 0 Å². The topological polar surface area (TPSA) is 105 Å². The Kier molecular flexibility index (Phi) is 10.6. The SMILES string of the molecule is Cl.NC(Cc1ccccc1)=NO.NO. The second-order valence-corrected chi connectivity index (χ2v) is 2.25. The predicted octanol–water partition coefficient (Wildman–Crippen LogP) is 0.732. The van der Waals surface area contributed by atoms with E-state index in [-0.39, 0.29) is 18.2 Å². The van der Waals surface area contributed by atoms with Crippen LogP contribution in [-0.2, 0) is 6.42 Å². The molecule has 1 aromatic rings. The molecule has 0 spiro atoms. The molecule has 0 unspecified atom stereocenters. The van der Waals surface area contributed by atoms with Gasteiger partial charge in [0, 0.05) is 6.42 Å². The summed E-state index contributed by atoms with van der Waals surface area (Å²) in [6.07, 6.45) is 0.497. The van der Waals surface area contributed by atoms with Gasteiger partial charge in [0.05, 0.1) is 0 Å². The van der Waals surface area contributed by atoms with Gasteiger partial charge in [-0.15, -0.1) is 12.4 Å². The highest BCUT2D eigenvalue weighted by molar-refractivity contribution is 5.85. The fourth-order valence-corrected chi connectivity index (χ4v) is 0.840. The number of hydrogen-bond acceptors (Lipinski definition) is 4. The summed E-state index contributed by atoms with van der Waals surface area (Å²) in [5.74, 6) is 3.73. The molecule has 0 aliphatic heterocycles. The van der Waals surface area contributed by atoms with E-state index in [0.29, 0.717) is 6.42 Å². The average molecular weight is 220 g/mol. The van der Waals surface area contributed by atoms with E-state index in [2.05, 4.69) is 11.1 Å². The summed E-state index contributed by atoms with van der Waals surface area (Å²) in [7, 11) is 0. The third kappa shape index (κ3) is 6.24. The van der Waals surface area contributed by atoms with Crippen LogP contribution in [0.25, 0.3) is 0 Å². The van der Waals surface area contributed by atoms with Gasteiger partial charge in [-0.25, -0.2) is 5.90 Å². The molecular formula is C8H14ClN3O2. The van der Waals surface area contributed by atoms with Gasteiger partial charge in [0.25, 0.3) is 0 Å². The molecule has 80 valence electrons. The second kappa shape index (κ2) is 9.79. The second-order valence-electron chi connectivity index (χ2n) is 2.25. The number of rotatable bonds is 2. The Morgan fingerprint density at radius 3 is 2.14 bits per heavy atom. The van der Waals surface area contributed by atoms with Crippen LogP contribution in [0.15, 0.2) is 35.5 Å². The minimum Gasteiger partial charge on any atom is -0.409 e. The van der Waals surface area contributed by atoms with Crippen LogP contribution < -0.4 is 11.6 Å². The summed E-state index contributed by atoms with van der Waals surface area (Å²) in [6.45, 7) is 0. The highest BCUT2D eigenvalue weighted by atomic mass is 35.5. The first-order chi connectivity index (χ1) is 6.33. The minimum atomic E-state index is 0. The molecule has 0 bridgehead atoms. The van der Waals surface area contributed by atoms with Crippen LogP contribution >= 0.6 is 12.4 Å². The van der Waals surface area contributed by atoms with Crippen molar-refractivity contribution in [3.63, 3.8) is 0 Å². The van der Waals surface area contributed by atoms with E-state index in [1.165, 1.54) is 0 Å². The van der Waals surface area contributed by atoms with Crippen molar-refractivity contribution in [3.05, 3.63) is 35.9 Å². The summed E-state index contributed by atoms with van der Waals surface area (Å²) in [4.78, 5) is 0. The van der Waals surface area contributed by atoms with Gasteiger partial charge in [-0.2, -0.15) is 0 Å². The molecule has 0 atom stereocenters. The average Bonchev–Trinajstić information content (AvgIpc) is 2.22. The Balaban J connectivity index is 0. The largest absolute Gasteiger partial charge is 0.409 e. The molecule has 0 fully saturated rings. The van der Waals surface area contributed by atoms with Crippen LogP contribution in [0.5, 0.6) is 0 Å². The van der Waals surface area contributed by atoms with E-state index < -0.39 is 0 Å². The van der Waals surface area contributed by atoms with Gasteiger partial charge in [0.15, 0.2) is 0 Å². The lowest BCUT2D eigenvalue weighted by Gasteiger charge is -1.96. The maximum atomic E-state index is 8.26. The van der Waals surface area contributed by atoms with Crippen LogP contribution in [0.4, 0.5) is 0 Å². The molecule has 1 aromatic carbocycles. The van der Waals surface area contributed by atoms with Crippen LogP contribution in [0.1, 0.15) is 5.56 Å². The van der Waals surface area contributed by atoms with Crippen LogP contribution in [0.3, 0.4) is 0 Å². The van der Waals surface area contributed by atoms with Crippen molar-refractivity contribution in [2.24, 2.45) is 16.8 Å². The van der Waals surface area contributed by atoms with E-state index in [0.717, 1.165) is 5.56 Å². The van der Waals surface area contributed by atoms with Crippen LogP contribution in [0, 0.1) is 0 Å². The molecule has 0 aliphatic carbocycles. The van der Waals surface area contributed by atoms with Gasteiger partial charge in [0.2, 0.25) is 0 Å². The molecule has 0 aliphatic rings. The minimum absolute atomic E-state index is 0. The number of hydrogen-bond donors (Lipinski definition) is 4. The standard InChI is InChI=1S/C8H10N2O.ClH.H3NO/c9-8(10-11)6-7-4-2-1-3-5-7;;1-2/h1-5,11H,6H2,(H2,9,10);1H;2H,1H2. The van der Waals surface area contributed by atoms with Crippen molar-refractivity contribution in [2.75, 3.05) is 0 Å². The Morgan fingerprint density at radius 1 is 1.21 bits per heavy atom. The lowest BCUT2D eigenvalue weighted by atomic mass is 10.1. The molecule has 0 radical (unpaired) electrons. The van der Waals surface area contributed by atoms with Gasteiger partial charge < -0.3 is 16.1 Å². The number of oxime groups is 1. The van der Waals surface area contributed by atoms with Gasteiger partial charge >= 0.3 is 0 Å². The molecule has 0 saturated carbocycles. The van der Waals surface area contributed by atoms with E-state index >= 15 is 0 Å². The van der Waals surface area contributed by atoms with Gasteiger partial charge in [0.1, 0.15) is 5.84 Å². The predicted molar refractivity (Wildman–Crippen MR) is 56.8 cm³/mol. The number of amidine groups is 1. The van der Waals surface area contributed by atoms with Crippen molar-refractivity contribution >= 4 is 18.2 Å². The Hall–Kier alpha value is -1.30. The number of nitrogens with zero attached hydrogens (tertiary/aromatic N) is 1. The highest BCUT2D eigenvalue weighted by Crippen LogP contribution is 1.98. The highest BCUT2D eigenvalue weighted by Gasteiger charge is 1.94. The summed E-state index contributed by atoms with van der Waals surface area (Å²) >= 11 is 0. The Labute approximate surface area is 88.4 Å². The van der Waals surface area contributed by atoms with Crippen molar-refractivity contribution in [1.29, 1.82) is 0 Å². The molecule has 0 aromatic heterocycles. The quantitative estimate of drug-likeness (QED) is 0.255. The maximum Gasteiger partial charge on any atom is 0.143 e. The number of nitrogens with two attached hydrogens (primary N) is 2. The molecule has 14 heavy (non-hydrogen) atoms. The monoisotopic (exact) mass is 219 g/mol. The van der Waals surface area contributed by atoms with Gasteiger partial charge in [-0.1, -0.05) is 35.5 Å². The van der Waals surface area contributed by atoms with E-state index in [4.69, 9.17) is 16.1 Å². The van der Waals surface area contributed by atoms with Gasteiger partial charge in [-0.05, 0) is 5.56 Å². The van der Waals surface area contributed by atoms with Crippen molar-refractivity contribution < 1.29 is 10.4 Å².